The Balaban J connectivity index is 1.73. The third-order valence-electron chi connectivity index (χ3n) is 3.83. The first-order valence-electron chi connectivity index (χ1n) is 7.63. The van der Waals surface area contributed by atoms with Gasteiger partial charge in [-0.25, -0.2) is 4.68 Å². The van der Waals surface area contributed by atoms with Crippen molar-refractivity contribution in [2.45, 2.75) is 58.7 Å². The van der Waals surface area contributed by atoms with Crippen LogP contribution >= 0.6 is 0 Å². The monoisotopic (exact) mass is 291 g/mol. The summed E-state index contributed by atoms with van der Waals surface area (Å²) < 4.78 is 7.12. The Morgan fingerprint density at radius 1 is 1.33 bits per heavy atom. The Morgan fingerprint density at radius 3 is 3.00 bits per heavy atom. The number of likely N-dealkylation sites (tertiary alicyclic amines) is 1. The molecule has 1 atom stereocenters. The molecule has 1 fully saturated rings. The van der Waals surface area contributed by atoms with E-state index in [0.717, 1.165) is 57.0 Å². The van der Waals surface area contributed by atoms with Gasteiger partial charge in [-0.1, -0.05) is 19.0 Å². The lowest BCUT2D eigenvalue weighted by Crippen LogP contribution is -2.25. The highest BCUT2D eigenvalue weighted by Gasteiger charge is 2.31. The van der Waals surface area contributed by atoms with Crippen molar-refractivity contribution in [1.82, 2.24) is 35.2 Å². The fourth-order valence-corrected chi connectivity index (χ4v) is 2.76. The molecule has 0 spiro atoms. The average Bonchev–Trinajstić information content (AvgIpc) is 3.20. The van der Waals surface area contributed by atoms with Crippen molar-refractivity contribution in [3.63, 3.8) is 0 Å². The van der Waals surface area contributed by atoms with Gasteiger partial charge in [0.05, 0.1) is 12.6 Å². The average molecular weight is 291 g/mol. The minimum absolute atomic E-state index is 0.209. The Labute approximate surface area is 123 Å². The van der Waals surface area contributed by atoms with Crippen LogP contribution in [0.3, 0.4) is 0 Å². The molecule has 0 aromatic carbocycles. The molecule has 1 saturated heterocycles. The summed E-state index contributed by atoms with van der Waals surface area (Å²) in [5, 5.41) is 16.1. The van der Waals surface area contributed by atoms with Gasteiger partial charge in [-0.05, 0) is 36.2 Å². The number of aryl methyl sites for hydroxylation is 2. The SMILES string of the molecule is CCCn1nnnc1CN1CCCC1c1noc(CC)n1. The quantitative estimate of drug-likeness (QED) is 0.794. The second-order valence-corrected chi connectivity index (χ2v) is 5.35. The number of tetrazole rings is 1. The highest BCUT2D eigenvalue weighted by molar-refractivity contribution is 4.99. The number of rotatable bonds is 6. The lowest BCUT2D eigenvalue weighted by molar-refractivity contribution is 0.224. The fraction of sp³-hybridized carbons (Fsp3) is 0.769. The highest BCUT2D eigenvalue weighted by atomic mass is 16.5. The van der Waals surface area contributed by atoms with Gasteiger partial charge >= 0.3 is 0 Å². The zero-order valence-corrected chi connectivity index (χ0v) is 12.6. The number of aromatic nitrogens is 6. The van der Waals surface area contributed by atoms with Crippen LogP contribution in [0, 0.1) is 0 Å². The van der Waals surface area contributed by atoms with Gasteiger partial charge in [-0.2, -0.15) is 4.98 Å². The van der Waals surface area contributed by atoms with Crippen molar-refractivity contribution in [2.24, 2.45) is 0 Å². The Kier molecular flexibility index (Phi) is 4.23. The second kappa shape index (κ2) is 6.30. The number of hydrogen-bond acceptors (Lipinski definition) is 7. The summed E-state index contributed by atoms with van der Waals surface area (Å²) in [7, 11) is 0. The van der Waals surface area contributed by atoms with E-state index in [4.69, 9.17) is 4.52 Å². The molecule has 3 heterocycles. The van der Waals surface area contributed by atoms with E-state index in [1.807, 2.05) is 11.6 Å². The second-order valence-electron chi connectivity index (χ2n) is 5.35. The molecule has 21 heavy (non-hydrogen) atoms. The van der Waals surface area contributed by atoms with Gasteiger partial charge in [0.2, 0.25) is 5.89 Å². The van der Waals surface area contributed by atoms with Crippen molar-refractivity contribution >= 4 is 0 Å². The largest absolute Gasteiger partial charge is 0.339 e. The summed E-state index contributed by atoms with van der Waals surface area (Å²) in [6, 6.07) is 0.209. The van der Waals surface area contributed by atoms with Crippen LogP contribution in [0.5, 0.6) is 0 Å². The number of nitrogens with zero attached hydrogens (tertiary/aromatic N) is 7. The molecule has 1 aliphatic heterocycles. The molecule has 1 aliphatic rings. The van der Waals surface area contributed by atoms with E-state index in [0.29, 0.717) is 5.89 Å². The molecule has 0 bridgehead atoms. The predicted molar refractivity (Wildman–Crippen MR) is 74.2 cm³/mol. The Hall–Kier alpha value is -1.83. The maximum atomic E-state index is 5.24. The lowest BCUT2D eigenvalue weighted by atomic mass is 10.2. The van der Waals surface area contributed by atoms with Crippen molar-refractivity contribution in [3.8, 4) is 0 Å². The molecule has 1 unspecified atom stereocenters. The van der Waals surface area contributed by atoms with E-state index < -0.39 is 0 Å². The topological polar surface area (TPSA) is 85.8 Å². The van der Waals surface area contributed by atoms with Gasteiger partial charge < -0.3 is 4.52 Å². The van der Waals surface area contributed by atoms with Crippen LogP contribution < -0.4 is 0 Å². The van der Waals surface area contributed by atoms with E-state index in [-0.39, 0.29) is 6.04 Å². The van der Waals surface area contributed by atoms with E-state index >= 15 is 0 Å². The molecule has 114 valence electrons. The standard InChI is InChI=1S/C13H21N7O/c1-3-7-20-11(15-17-18-20)9-19-8-5-6-10(19)13-14-12(4-2)21-16-13/h10H,3-9H2,1-2H3. The van der Waals surface area contributed by atoms with Gasteiger partial charge in [0.1, 0.15) is 0 Å². The molecule has 0 aliphatic carbocycles. The van der Waals surface area contributed by atoms with E-state index in [2.05, 4.69) is 37.5 Å². The zero-order chi connectivity index (χ0) is 14.7. The van der Waals surface area contributed by atoms with Gasteiger partial charge in [-0.3, -0.25) is 4.90 Å². The van der Waals surface area contributed by atoms with Crippen LogP contribution in [0.25, 0.3) is 0 Å². The van der Waals surface area contributed by atoms with Gasteiger partial charge in [0.15, 0.2) is 11.6 Å². The zero-order valence-electron chi connectivity index (χ0n) is 12.6. The van der Waals surface area contributed by atoms with Crippen LogP contribution in [-0.2, 0) is 19.5 Å². The van der Waals surface area contributed by atoms with Crippen LogP contribution in [0.15, 0.2) is 4.52 Å². The van der Waals surface area contributed by atoms with Crippen molar-refractivity contribution < 1.29 is 4.52 Å². The van der Waals surface area contributed by atoms with Crippen LogP contribution in [0.1, 0.15) is 56.7 Å². The summed E-state index contributed by atoms with van der Waals surface area (Å²) in [6.45, 7) is 6.73. The van der Waals surface area contributed by atoms with Crippen LogP contribution in [-0.4, -0.2) is 41.8 Å². The highest BCUT2D eigenvalue weighted by Crippen LogP contribution is 2.31. The van der Waals surface area contributed by atoms with E-state index in [1.165, 1.54) is 0 Å². The summed E-state index contributed by atoms with van der Waals surface area (Å²) in [5.74, 6) is 2.40. The first-order chi connectivity index (χ1) is 10.3. The molecule has 0 radical (unpaired) electrons. The van der Waals surface area contributed by atoms with Crippen molar-refractivity contribution in [3.05, 3.63) is 17.5 Å². The number of hydrogen-bond donors (Lipinski definition) is 0. The first-order valence-corrected chi connectivity index (χ1v) is 7.63. The fourth-order valence-electron chi connectivity index (χ4n) is 2.76. The molecule has 8 nitrogen and oxygen atoms in total. The van der Waals surface area contributed by atoms with E-state index in [1.54, 1.807) is 0 Å². The molecular weight excluding hydrogens is 270 g/mol. The summed E-state index contributed by atoms with van der Waals surface area (Å²) in [5.41, 5.74) is 0. The maximum absolute atomic E-state index is 5.24. The van der Waals surface area contributed by atoms with Crippen molar-refractivity contribution in [1.29, 1.82) is 0 Å². The maximum Gasteiger partial charge on any atom is 0.226 e. The molecule has 0 saturated carbocycles. The van der Waals surface area contributed by atoms with E-state index in [9.17, 15) is 0 Å². The Morgan fingerprint density at radius 2 is 2.24 bits per heavy atom. The smallest absolute Gasteiger partial charge is 0.226 e. The third kappa shape index (κ3) is 2.94. The van der Waals surface area contributed by atoms with Crippen molar-refractivity contribution in [2.75, 3.05) is 6.54 Å². The predicted octanol–water partition coefficient (Wildman–Crippen LogP) is 1.37. The summed E-state index contributed by atoms with van der Waals surface area (Å²) >= 11 is 0. The van der Waals surface area contributed by atoms with Gasteiger partial charge in [-0.15, -0.1) is 5.10 Å². The lowest BCUT2D eigenvalue weighted by Gasteiger charge is -2.20. The molecule has 0 N–H and O–H groups in total. The normalized spacial score (nSPS) is 19.4. The summed E-state index contributed by atoms with van der Waals surface area (Å²) in [4.78, 5) is 6.81. The summed E-state index contributed by atoms with van der Waals surface area (Å²) in [6.07, 6.45) is 3.98. The van der Waals surface area contributed by atoms with Crippen LogP contribution in [0.2, 0.25) is 0 Å². The van der Waals surface area contributed by atoms with Gasteiger partial charge in [0, 0.05) is 13.0 Å². The van der Waals surface area contributed by atoms with Crippen LogP contribution in [0.4, 0.5) is 0 Å². The Bertz CT molecular complexity index is 579. The molecule has 2 aromatic rings. The minimum atomic E-state index is 0.209. The third-order valence-corrected chi connectivity index (χ3v) is 3.83. The molecular formula is C13H21N7O. The molecule has 3 rings (SSSR count). The first kappa shape index (κ1) is 14.1. The molecule has 2 aromatic heterocycles. The minimum Gasteiger partial charge on any atom is -0.339 e. The van der Waals surface area contributed by atoms with Gasteiger partial charge in [0.25, 0.3) is 0 Å². The molecule has 8 heteroatoms. The molecule has 0 amide bonds.